The van der Waals surface area contributed by atoms with Gasteiger partial charge >= 0.3 is 6.36 Å². The molecule has 1 heterocycles. The molecular formula is C17H23F3N2O4S. The number of carbonyl (C=O) groups is 1. The van der Waals surface area contributed by atoms with Crippen LogP contribution in [0.4, 0.5) is 13.2 Å². The Morgan fingerprint density at radius 2 is 1.81 bits per heavy atom. The Morgan fingerprint density at radius 1 is 1.26 bits per heavy atom. The number of sulfonamides is 1. The quantitative estimate of drug-likeness (QED) is 0.786. The lowest BCUT2D eigenvalue weighted by Gasteiger charge is -2.31. The number of hydrogen-bond acceptors (Lipinski definition) is 4. The van der Waals surface area contributed by atoms with Gasteiger partial charge in [-0.25, -0.2) is 12.7 Å². The average Bonchev–Trinajstić information content (AvgIpc) is 2.61. The van der Waals surface area contributed by atoms with Crippen molar-refractivity contribution in [2.24, 2.45) is 5.92 Å². The number of halogens is 3. The van der Waals surface area contributed by atoms with Gasteiger partial charge in [0.1, 0.15) is 5.75 Å². The number of hydrogen-bond donors (Lipinski definition) is 1. The Labute approximate surface area is 156 Å². The highest BCUT2D eigenvalue weighted by Crippen LogP contribution is 2.25. The minimum Gasteiger partial charge on any atom is -0.406 e. The largest absolute Gasteiger partial charge is 0.573 e. The van der Waals surface area contributed by atoms with Crippen molar-refractivity contribution in [2.75, 3.05) is 18.8 Å². The van der Waals surface area contributed by atoms with Gasteiger partial charge in [-0.2, -0.15) is 0 Å². The Kier molecular flexibility index (Phi) is 6.74. The third-order valence-electron chi connectivity index (χ3n) is 4.56. The minimum atomic E-state index is -4.75. The van der Waals surface area contributed by atoms with Crippen molar-refractivity contribution in [3.05, 3.63) is 29.8 Å². The molecule has 1 aromatic rings. The van der Waals surface area contributed by atoms with Gasteiger partial charge in [0.05, 0.1) is 11.8 Å². The number of nitrogens with zero attached hydrogens (tertiary/aromatic N) is 1. The van der Waals surface area contributed by atoms with E-state index in [4.69, 9.17) is 0 Å². The zero-order valence-electron chi connectivity index (χ0n) is 15.1. The molecule has 152 valence electrons. The molecule has 0 unspecified atom stereocenters. The summed E-state index contributed by atoms with van der Waals surface area (Å²) in [5, 5.41) is 2.83. The lowest BCUT2D eigenvalue weighted by atomic mass is 9.96. The molecule has 1 fully saturated rings. The predicted molar refractivity (Wildman–Crippen MR) is 93.4 cm³/mol. The highest BCUT2D eigenvalue weighted by atomic mass is 32.2. The summed E-state index contributed by atoms with van der Waals surface area (Å²) in [6.07, 6.45) is -3.87. The van der Waals surface area contributed by atoms with Gasteiger partial charge in [-0.3, -0.25) is 4.79 Å². The second-order valence-corrected chi connectivity index (χ2v) is 8.68. The van der Waals surface area contributed by atoms with Crippen LogP contribution in [0.3, 0.4) is 0 Å². The average molecular weight is 408 g/mol. The summed E-state index contributed by atoms with van der Waals surface area (Å²) in [4.78, 5) is 12.4. The molecule has 10 heteroatoms. The molecule has 0 spiro atoms. The van der Waals surface area contributed by atoms with E-state index in [-0.39, 0.29) is 23.3 Å². The van der Waals surface area contributed by atoms with Gasteiger partial charge in [-0.15, -0.1) is 13.2 Å². The Bertz CT molecular complexity index is 742. The van der Waals surface area contributed by atoms with Crippen LogP contribution >= 0.6 is 0 Å². The van der Waals surface area contributed by atoms with E-state index < -0.39 is 22.4 Å². The number of amides is 1. The van der Waals surface area contributed by atoms with E-state index in [0.29, 0.717) is 31.5 Å². The summed E-state index contributed by atoms with van der Waals surface area (Å²) in [5.41, 5.74) is 0.642. The normalized spacial score (nSPS) is 18.1. The Balaban J connectivity index is 1.89. The van der Waals surface area contributed by atoms with Crippen LogP contribution in [-0.4, -0.2) is 43.8 Å². The second kappa shape index (κ2) is 8.47. The maximum absolute atomic E-state index is 12.4. The molecule has 0 bridgehead atoms. The maximum Gasteiger partial charge on any atom is 0.573 e. The van der Waals surface area contributed by atoms with E-state index in [0.717, 1.165) is 0 Å². The number of piperidine rings is 1. The first-order valence-electron chi connectivity index (χ1n) is 8.65. The van der Waals surface area contributed by atoms with Gasteiger partial charge in [0.15, 0.2) is 0 Å². The zero-order chi connectivity index (χ0) is 20.2. The summed E-state index contributed by atoms with van der Waals surface area (Å²) >= 11 is 0. The summed E-state index contributed by atoms with van der Waals surface area (Å²) in [5.74, 6) is -0.765. The number of rotatable bonds is 6. The molecule has 1 N–H and O–H groups in total. The second-order valence-electron chi connectivity index (χ2n) is 6.42. The number of ether oxygens (including phenoxy) is 1. The summed E-state index contributed by atoms with van der Waals surface area (Å²) in [6.45, 7) is 3.94. The van der Waals surface area contributed by atoms with Crippen LogP contribution in [0.5, 0.6) is 5.75 Å². The molecule has 0 aromatic heterocycles. The maximum atomic E-state index is 12.4. The van der Waals surface area contributed by atoms with Gasteiger partial charge in [0, 0.05) is 19.0 Å². The number of nitrogens with one attached hydrogen (secondary N) is 1. The van der Waals surface area contributed by atoms with Crippen LogP contribution in [0.15, 0.2) is 24.3 Å². The van der Waals surface area contributed by atoms with Crippen LogP contribution in [-0.2, 0) is 14.8 Å². The highest BCUT2D eigenvalue weighted by molar-refractivity contribution is 7.89. The molecule has 1 atom stereocenters. The highest BCUT2D eigenvalue weighted by Gasteiger charge is 2.32. The third kappa shape index (κ3) is 6.10. The first-order chi connectivity index (χ1) is 12.5. The van der Waals surface area contributed by atoms with Gasteiger partial charge in [-0.05, 0) is 44.4 Å². The third-order valence-corrected chi connectivity index (χ3v) is 6.44. The molecule has 2 rings (SSSR count). The summed E-state index contributed by atoms with van der Waals surface area (Å²) in [6, 6.07) is 4.92. The van der Waals surface area contributed by atoms with E-state index in [1.165, 1.54) is 28.6 Å². The standard InChI is InChI=1S/C17H23F3N2O4S/c1-3-27(24,25)22-10-8-14(9-11-22)16(23)21-12(2)13-4-6-15(7-5-13)26-17(18,19)20/h4-7,12,14H,3,8-11H2,1-2H3,(H,21,23)/t12-/m0/s1. The lowest BCUT2D eigenvalue weighted by molar-refractivity contribution is -0.274. The van der Waals surface area contributed by atoms with Gasteiger partial charge in [0.25, 0.3) is 0 Å². The van der Waals surface area contributed by atoms with E-state index in [1.54, 1.807) is 13.8 Å². The van der Waals surface area contributed by atoms with E-state index in [9.17, 15) is 26.4 Å². The van der Waals surface area contributed by atoms with Crippen molar-refractivity contribution in [1.29, 1.82) is 0 Å². The van der Waals surface area contributed by atoms with Crippen LogP contribution in [0.1, 0.15) is 38.3 Å². The fourth-order valence-corrected chi connectivity index (χ4v) is 4.08. The summed E-state index contributed by atoms with van der Waals surface area (Å²) in [7, 11) is -3.24. The van der Waals surface area contributed by atoms with Crippen molar-refractivity contribution in [1.82, 2.24) is 9.62 Å². The smallest absolute Gasteiger partial charge is 0.406 e. The van der Waals surface area contributed by atoms with Gasteiger partial charge in [0.2, 0.25) is 15.9 Å². The van der Waals surface area contributed by atoms with E-state index >= 15 is 0 Å². The lowest BCUT2D eigenvalue weighted by Crippen LogP contribution is -2.43. The van der Waals surface area contributed by atoms with Crippen molar-refractivity contribution in [3.63, 3.8) is 0 Å². The van der Waals surface area contributed by atoms with Crippen LogP contribution < -0.4 is 10.1 Å². The number of benzene rings is 1. The molecule has 1 aliphatic rings. The van der Waals surface area contributed by atoms with Crippen molar-refractivity contribution in [3.8, 4) is 5.75 Å². The van der Waals surface area contributed by atoms with Gasteiger partial charge < -0.3 is 10.1 Å². The molecule has 0 radical (unpaired) electrons. The minimum absolute atomic E-state index is 0.0367. The molecule has 0 saturated carbocycles. The topological polar surface area (TPSA) is 75.7 Å². The van der Waals surface area contributed by atoms with Crippen molar-refractivity contribution < 1.29 is 31.1 Å². The van der Waals surface area contributed by atoms with Crippen LogP contribution in [0, 0.1) is 5.92 Å². The van der Waals surface area contributed by atoms with Gasteiger partial charge in [-0.1, -0.05) is 12.1 Å². The Hall–Kier alpha value is -1.81. The molecule has 1 aromatic carbocycles. The number of alkyl halides is 3. The Morgan fingerprint density at radius 3 is 2.30 bits per heavy atom. The molecule has 1 aliphatic heterocycles. The van der Waals surface area contributed by atoms with Crippen molar-refractivity contribution >= 4 is 15.9 Å². The molecular weight excluding hydrogens is 385 g/mol. The molecule has 1 saturated heterocycles. The van der Waals surface area contributed by atoms with Crippen LogP contribution in [0.2, 0.25) is 0 Å². The predicted octanol–water partition coefficient (Wildman–Crippen LogP) is 2.82. The monoisotopic (exact) mass is 408 g/mol. The van der Waals surface area contributed by atoms with E-state index in [1.807, 2.05) is 0 Å². The molecule has 1 amide bonds. The summed E-state index contributed by atoms with van der Waals surface area (Å²) < 4.78 is 65.5. The fourth-order valence-electron chi connectivity index (χ4n) is 2.95. The zero-order valence-corrected chi connectivity index (χ0v) is 15.9. The first-order valence-corrected chi connectivity index (χ1v) is 10.3. The van der Waals surface area contributed by atoms with E-state index in [2.05, 4.69) is 10.1 Å². The first kappa shape index (κ1) is 21.5. The molecule has 27 heavy (non-hydrogen) atoms. The molecule has 0 aliphatic carbocycles. The fraction of sp³-hybridized carbons (Fsp3) is 0.588. The molecule has 6 nitrogen and oxygen atoms in total. The SMILES string of the molecule is CCS(=O)(=O)N1CCC(C(=O)N[C@@H](C)c2ccc(OC(F)(F)F)cc2)CC1. The van der Waals surface area contributed by atoms with Crippen molar-refractivity contribution in [2.45, 2.75) is 39.1 Å². The van der Waals surface area contributed by atoms with Crippen LogP contribution in [0.25, 0.3) is 0 Å². The number of carbonyl (C=O) groups excluding carboxylic acids is 1.